The van der Waals surface area contributed by atoms with Crippen LogP contribution in [0.25, 0.3) is 10.8 Å². The van der Waals surface area contributed by atoms with Gasteiger partial charge in [-0.05, 0) is 73.0 Å². The van der Waals surface area contributed by atoms with Crippen LogP contribution < -0.4 is 24.4 Å². The van der Waals surface area contributed by atoms with Crippen molar-refractivity contribution < 1.29 is 23.7 Å². The van der Waals surface area contributed by atoms with Crippen LogP contribution in [-0.4, -0.2) is 31.9 Å². The van der Waals surface area contributed by atoms with Gasteiger partial charge < -0.3 is 18.9 Å². The van der Waals surface area contributed by atoms with Crippen molar-refractivity contribution in [1.82, 2.24) is 5.43 Å². The summed E-state index contributed by atoms with van der Waals surface area (Å²) in [6, 6.07) is 22.7. The first-order valence-electron chi connectivity index (χ1n) is 12.8. The van der Waals surface area contributed by atoms with Crippen molar-refractivity contribution >= 4 is 34.5 Å². The molecule has 8 heteroatoms. The monoisotopic (exact) mass is 546 g/mol. The standard InChI is InChI=1S/C31H31ClN2O5/c1-4-36-27-15-14-23(18-28(27)37-5-2)31(35)34-33-19-21-16-26(32)30(29(17-21)38-6-3)39-20-24-12-9-11-22-10-7-8-13-25(22)24/h7-19H,4-6,20H2,1-3H3,(H,34,35)/b33-19+. The van der Waals surface area contributed by atoms with Crippen LogP contribution in [0.15, 0.2) is 77.9 Å². The molecule has 0 fully saturated rings. The summed E-state index contributed by atoms with van der Waals surface area (Å²) in [6.07, 6.45) is 1.50. The highest BCUT2D eigenvalue weighted by atomic mass is 35.5. The normalized spacial score (nSPS) is 11.0. The summed E-state index contributed by atoms with van der Waals surface area (Å²) in [5.41, 5.74) is 4.61. The van der Waals surface area contributed by atoms with E-state index in [-0.39, 0.29) is 5.91 Å². The maximum atomic E-state index is 12.7. The van der Waals surface area contributed by atoms with Gasteiger partial charge in [-0.15, -0.1) is 0 Å². The van der Waals surface area contributed by atoms with Gasteiger partial charge in [0.25, 0.3) is 5.91 Å². The molecule has 1 N–H and O–H groups in total. The van der Waals surface area contributed by atoms with Crippen LogP contribution in [0.4, 0.5) is 0 Å². The highest BCUT2D eigenvalue weighted by molar-refractivity contribution is 6.32. The maximum absolute atomic E-state index is 12.7. The Kier molecular flexibility index (Phi) is 9.64. The number of benzene rings is 4. The summed E-state index contributed by atoms with van der Waals surface area (Å²) in [7, 11) is 0. The average Bonchev–Trinajstić information content (AvgIpc) is 2.94. The fourth-order valence-electron chi connectivity index (χ4n) is 4.06. The molecule has 202 valence electrons. The summed E-state index contributed by atoms with van der Waals surface area (Å²) in [4.78, 5) is 12.7. The van der Waals surface area contributed by atoms with Crippen LogP contribution in [0.5, 0.6) is 23.0 Å². The number of carbonyl (C=O) groups excluding carboxylic acids is 1. The Morgan fingerprint density at radius 3 is 2.33 bits per heavy atom. The van der Waals surface area contributed by atoms with E-state index in [9.17, 15) is 4.79 Å². The van der Waals surface area contributed by atoms with Crippen molar-refractivity contribution in [1.29, 1.82) is 0 Å². The summed E-state index contributed by atoms with van der Waals surface area (Å²) in [5, 5.41) is 6.74. The van der Waals surface area contributed by atoms with Crippen molar-refractivity contribution in [3.8, 4) is 23.0 Å². The van der Waals surface area contributed by atoms with Crippen molar-refractivity contribution in [3.05, 3.63) is 94.5 Å². The number of halogens is 1. The Morgan fingerprint density at radius 2 is 1.54 bits per heavy atom. The Morgan fingerprint density at radius 1 is 0.821 bits per heavy atom. The molecule has 4 aromatic rings. The summed E-state index contributed by atoms with van der Waals surface area (Å²) in [5.74, 6) is 1.64. The quantitative estimate of drug-likeness (QED) is 0.152. The molecule has 0 heterocycles. The van der Waals surface area contributed by atoms with Crippen molar-refractivity contribution in [3.63, 3.8) is 0 Å². The van der Waals surface area contributed by atoms with Gasteiger partial charge in [-0.2, -0.15) is 5.10 Å². The molecule has 7 nitrogen and oxygen atoms in total. The number of amides is 1. The Hall–Kier alpha value is -4.23. The third kappa shape index (κ3) is 7.00. The van der Waals surface area contributed by atoms with E-state index in [4.69, 9.17) is 30.5 Å². The fraction of sp³-hybridized carbons (Fsp3) is 0.226. The van der Waals surface area contributed by atoms with Crippen LogP contribution in [0.2, 0.25) is 5.02 Å². The predicted molar refractivity (Wildman–Crippen MR) is 155 cm³/mol. The van der Waals surface area contributed by atoms with Crippen LogP contribution in [-0.2, 0) is 6.61 Å². The third-order valence-electron chi connectivity index (χ3n) is 5.77. The van der Waals surface area contributed by atoms with E-state index < -0.39 is 0 Å². The molecule has 1 amide bonds. The molecular weight excluding hydrogens is 516 g/mol. The predicted octanol–water partition coefficient (Wildman–Crippen LogP) is 7.03. The minimum atomic E-state index is -0.388. The molecule has 39 heavy (non-hydrogen) atoms. The fourth-order valence-corrected chi connectivity index (χ4v) is 4.33. The smallest absolute Gasteiger partial charge is 0.271 e. The lowest BCUT2D eigenvalue weighted by atomic mass is 10.1. The molecule has 0 saturated carbocycles. The van der Waals surface area contributed by atoms with Gasteiger partial charge in [0.2, 0.25) is 0 Å². The zero-order chi connectivity index (χ0) is 27.6. The van der Waals surface area contributed by atoms with Gasteiger partial charge in [0.15, 0.2) is 23.0 Å². The Bertz CT molecular complexity index is 1470. The van der Waals surface area contributed by atoms with Gasteiger partial charge in [-0.25, -0.2) is 5.43 Å². The number of nitrogens with one attached hydrogen (secondary N) is 1. The molecule has 0 aromatic heterocycles. The van der Waals surface area contributed by atoms with Crippen LogP contribution in [0.1, 0.15) is 42.3 Å². The molecule has 0 spiro atoms. The number of fused-ring (bicyclic) bond motifs is 1. The molecule has 0 unspecified atom stereocenters. The van der Waals surface area contributed by atoms with Crippen LogP contribution >= 0.6 is 11.6 Å². The number of nitrogens with zero attached hydrogens (tertiary/aromatic N) is 1. The zero-order valence-electron chi connectivity index (χ0n) is 22.2. The molecule has 0 bridgehead atoms. The second kappa shape index (κ2) is 13.5. The minimum absolute atomic E-state index is 0.330. The second-order valence-electron chi connectivity index (χ2n) is 8.42. The topological polar surface area (TPSA) is 78.4 Å². The van der Waals surface area contributed by atoms with E-state index in [1.807, 2.05) is 45.0 Å². The van der Waals surface area contributed by atoms with Crippen molar-refractivity contribution in [2.45, 2.75) is 27.4 Å². The third-order valence-corrected chi connectivity index (χ3v) is 6.05. The van der Waals surface area contributed by atoms with Gasteiger partial charge in [0.05, 0.1) is 31.1 Å². The summed E-state index contributed by atoms with van der Waals surface area (Å²) in [6.45, 7) is 7.35. The highest BCUT2D eigenvalue weighted by Gasteiger charge is 2.14. The first kappa shape index (κ1) is 27.8. The number of carbonyl (C=O) groups is 1. The first-order valence-corrected chi connectivity index (χ1v) is 13.2. The molecule has 0 atom stereocenters. The van der Waals surface area contributed by atoms with E-state index in [1.54, 1.807) is 30.3 Å². The maximum Gasteiger partial charge on any atom is 0.271 e. The lowest BCUT2D eigenvalue weighted by molar-refractivity contribution is 0.0954. The lowest BCUT2D eigenvalue weighted by Crippen LogP contribution is -2.17. The molecular formula is C31H31ClN2O5. The number of hydrazone groups is 1. The molecule has 4 aromatic carbocycles. The van der Waals surface area contributed by atoms with Crippen molar-refractivity contribution in [2.75, 3.05) is 19.8 Å². The SMILES string of the molecule is CCOc1ccc(C(=O)N/N=C/c2cc(Cl)c(OCc3cccc4ccccc34)c(OCC)c2)cc1OCC. The average molecular weight is 547 g/mol. The largest absolute Gasteiger partial charge is 0.490 e. The minimum Gasteiger partial charge on any atom is -0.490 e. The van der Waals surface area contributed by atoms with E-state index in [0.29, 0.717) is 65.6 Å². The van der Waals surface area contributed by atoms with E-state index in [2.05, 4.69) is 28.7 Å². The van der Waals surface area contributed by atoms with E-state index in [0.717, 1.165) is 16.3 Å². The molecule has 0 saturated heterocycles. The van der Waals surface area contributed by atoms with Gasteiger partial charge in [-0.3, -0.25) is 4.79 Å². The number of rotatable bonds is 12. The number of hydrogen-bond acceptors (Lipinski definition) is 6. The number of hydrogen-bond donors (Lipinski definition) is 1. The summed E-state index contributed by atoms with van der Waals surface area (Å²) < 4.78 is 23.1. The van der Waals surface area contributed by atoms with Crippen LogP contribution in [0, 0.1) is 0 Å². The first-order chi connectivity index (χ1) is 19.0. The van der Waals surface area contributed by atoms with Crippen LogP contribution in [0.3, 0.4) is 0 Å². The van der Waals surface area contributed by atoms with Gasteiger partial charge >= 0.3 is 0 Å². The van der Waals surface area contributed by atoms with Crippen molar-refractivity contribution in [2.24, 2.45) is 5.10 Å². The lowest BCUT2D eigenvalue weighted by Gasteiger charge is -2.15. The Labute approximate surface area is 233 Å². The van der Waals surface area contributed by atoms with E-state index in [1.165, 1.54) is 6.21 Å². The molecule has 4 rings (SSSR count). The van der Waals surface area contributed by atoms with E-state index >= 15 is 0 Å². The molecule has 0 aliphatic heterocycles. The zero-order valence-corrected chi connectivity index (χ0v) is 23.0. The molecule has 0 radical (unpaired) electrons. The molecule has 0 aliphatic rings. The summed E-state index contributed by atoms with van der Waals surface area (Å²) >= 11 is 6.60. The highest BCUT2D eigenvalue weighted by Crippen LogP contribution is 2.37. The van der Waals surface area contributed by atoms with Gasteiger partial charge in [0, 0.05) is 5.56 Å². The van der Waals surface area contributed by atoms with Gasteiger partial charge in [0.1, 0.15) is 6.61 Å². The molecule has 0 aliphatic carbocycles. The second-order valence-corrected chi connectivity index (χ2v) is 8.82. The Balaban J connectivity index is 1.48. The van der Waals surface area contributed by atoms with Gasteiger partial charge in [-0.1, -0.05) is 54.1 Å². The number of ether oxygens (including phenoxy) is 4.